The second-order valence-corrected chi connectivity index (χ2v) is 5.95. The predicted molar refractivity (Wildman–Crippen MR) is 98.1 cm³/mol. The number of nitrogens with one attached hydrogen (secondary N) is 1. The van der Waals surface area contributed by atoms with Gasteiger partial charge >= 0.3 is 0 Å². The molecule has 0 spiro atoms. The maximum absolute atomic E-state index is 11.8. The zero-order chi connectivity index (χ0) is 16.4. The van der Waals surface area contributed by atoms with Crippen LogP contribution in [0.5, 0.6) is 5.75 Å². The number of hydrogen-bond acceptors (Lipinski definition) is 6. The van der Waals surface area contributed by atoms with E-state index in [1.54, 1.807) is 13.2 Å². The molecule has 3 rings (SSSR count). The van der Waals surface area contributed by atoms with Crippen LogP contribution in [-0.2, 0) is 4.79 Å². The quantitative estimate of drug-likeness (QED) is 0.801. The number of rotatable bonds is 3. The van der Waals surface area contributed by atoms with Crippen LogP contribution in [0.4, 0.5) is 10.5 Å². The van der Waals surface area contributed by atoms with Gasteiger partial charge in [0, 0.05) is 24.0 Å². The maximum atomic E-state index is 11.8. The SMILES string of the molecule is COc1cccc(/C=C2\SC(=O)NC2=O)c1N1C=C(N)C=CC1.Cl. The molecule has 126 valence electrons. The molecule has 1 saturated heterocycles. The molecule has 0 saturated carbocycles. The Kier molecular flexibility index (Phi) is 5.58. The topological polar surface area (TPSA) is 84.7 Å². The Labute approximate surface area is 149 Å². The Morgan fingerprint density at radius 3 is 2.79 bits per heavy atom. The van der Waals surface area contributed by atoms with Gasteiger partial charge in [-0.25, -0.2) is 0 Å². The number of para-hydroxylation sites is 1. The summed E-state index contributed by atoms with van der Waals surface area (Å²) in [6.07, 6.45) is 7.28. The summed E-state index contributed by atoms with van der Waals surface area (Å²) in [6.45, 7) is 0.634. The van der Waals surface area contributed by atoms with E-state index in [2.05, 4.69) is 5.32 Å². The third-order valence-corrected chi connectivity index (χ3v) is 4.19. The van der Waals surface area contributed by atoms with Crippen LogP contribution in [-0.4, -0.2) is 24.8 Å². The highest BCUT2D eigenvalue weighted by Crippen LogP contribution is 2.36. The zero-order valence-corrected chi connectivity index (χ0v) is 14.4. The monoisotopic (exact) mass is 365 g/mol. The molecule has 0 aliphatic carbocycles. The van der Waals surface area contributed by atoms with Crippen LogP contribution in [0.3, 0.4) is 0 Å². The highest BCUT2D eigenvalue weighted by Gasteiger charge is 2.26. The summed E-state index contributed by atoms with van der Waals surface area (Å²) in [5, 5.41) is 1.89. The first-order valence-corrected chi connectivity index (χ1v) is 7.72. The van der Waals surface area contributed by atoms with E-state index in [4.69, 9.17) is 10.5 Å². The average Bonchev–Trinajstić information content (AvgIpc) is 2.84. The molecule has 2 amide bonds. The van der Waals surface area contributed by atoms with Crippen LogP contribution in [0.25, 0.3) is 6.08 Å². The van der Waals surface area contributed by atoms with Crippen molar-refractivity contribution in [3.63, 3.8) is 0 Å². The molecule has 6 nitrogen and oxygen atoms in total. The number of hydrogen-bond donors (Lipinski definition) is 2. The van der Waals surface area contributed by atoms with Crippen molar-refractivity contribution in [1.82, 2.24) is 5.32 Å². The number of carbonyl (C=O) groups is 2. The number of benzene rings is 1. The first-order valence-electron chi connectivity index (χ1n) is 6.91. The van der Waals surface area contributed by atoms with Gasteiger partial charge in [0.1, 0.15) is 5.75 Å². The average molecular weight is 366 g/mol. The van der Waals surface area contributed by atoms with Crippen LogP contribution in [0, 0.1) is 0 Å². The Balaban J connectivity index is 0.00000208. The van der Waals surface area contributed by atoms with E-state index >= 15 is 0 Å². The summed E-state index contributed by atoms with van der Waals surface area (Å²) >= 11 is 0.886. The number of halogens is 1. The zero-order valence-electron chi connectivity index (χ0n) is 12.8. The summed E-state index contributed by atoms with van der Waals surface area (Å²) < 4.78 is 5.45. The molecule has 1 fully saturated rings. The molecule has 1 aromatic rings. The van der Waals surface area contributed by atoms with E-state index in [1.807, 2.05) is 41.5 Å². The maximum Gasteiger partial charge on any atom is 0.290 e. The summed E-state index contributed by atoms with van der Waals surface area (Å²) in [6, 6.07) is 5.54. The Hall–Kier alpha value is -2.38. The summed E-state index contributed by atoms with van der Waals surface area (Å²) in [5.74, 6) is 0.274. The Bertz CT molecular complexity index is 774. The van der Waals surface area contributed by atoms with Crippen LogP contribution >= 0.6 is 24.2 Å². The number of nitrogens with two attached hydrogens (primary N) is 1. The number of nitrogens with zero attached hydrogens (tertiary/aromatic N) is 1. The van der Waals surface area contributed by atoms with E-state index < -0.39 is 0 Å². The van der Waals surface area contributed by atoms with Crippen molar-refractivity contribution in [3.8, 4) is 5.75 Å². The lowest BCUT2D eigenvalue weighted by Crippen LogP contribution is -2.22. The first-order chi connectivity index (χ1) is 11.1. The fourth-order valence-corrected chi connectivity index (χ4v) is 3.10. The van der Waals surface area contributed by atoms with Crippen molar-refractivity contribution in [2.24, 2.45) is 5.73 Å². The van der Waals surface area contributed by atoms with Gasteiger partial charge in [-0.1, -0.05) is 18.2 Å². The van der Waals surface area contributed by atoms with Gasteiger partial charge in [0.05, 0.1) is 17.7 Å². The molecule has 0 radical (unpaired) electrons. The van der Waals surface area contributed by atoms with E-state index in [-0.39, 0.29) is 23.6 Å². The smallest absolute Gasteiger partial charge is 0.290 e. The van der Waals surface area contributed by atoms with Gasteiger partial charge in [-0.2, -0.15) is 0 Å². The fourth-order valence-electron chi connectivity index (χ4n) is 2.42. The molecule has 24 heavy (non-hydrogen) atoms. The van der Waals surface area contributed by atoms with Crippen molar-refractivity contribution in [2.45, 2.75) is 0 Å². The van der Waals surface area contributed by atoms with Gasteiger partial charge in [0.2, 0.25) is 0 Å². The summed E-state index contributed by atoms with van der Waals surface area (Å²) in [4.78, 5) is 25.4. The normalized spacial score (nSPS) is 18.3. The number of ether oxygens (including phenoxy) is 1. The lowest BCUT2D eigenvalue weighted by atomic mass is 10.1. The fraction of sp³-hybridized carbons (Fsp3) is 0.125. The van der Waals surface area contributed by atoms with Gasteiger partial charge in [-0.15, -0.1) is 12.4 Å². The van der Waals surface area contributed by atoms with Crippen molar-refractivity contribution in [1.29, 1.82) is 0 Å². The number of amides is 2. The lowest BCUT2D eigenvalue weighted by Gasteiger charge is -2.26. The Morgan fingerprint density at radius 2 is 2.17 bits per heavy atom. The van der Waals surface area contributed by atoms with Gasteiger partial charge < -0.3 is 15.4 Å². The molecular formula is C16H16ClN3O3S. The second kappa shape index (κ2) is 7.46. The van der Waals surface area contributed by atoms with Crippen LogP contribution in [0.1, 0.15) is 5.56 Å². The standard InChI is InChI=1S/C16H15N3O3S.ClH/c1-22-12-6-2-4-10(8-13-15(20)18-16(21)23-13)14(12)19-7-3-5-11(17)9-19;/h2-6,8-9H,7,17H2,1H3,(H,18,20,21);1H/b13-8-;. The molecule has 1 aromatic carbocycles. The van der Waals surface area contributed by atoms with Crippen LogP contribution in [0.2, 0.25) is 0 Å². The molecule has 2 heterocycles. The van der Waals surface area contributed by atoms with Crippen molar-refractivity contribution >= 4 is 47.1 Å². The number of imide groups is 1. The van der Waals surface area contributed by atoms with Crippen molar-refractivity contribution in [3.05, 3.63) is 52.7 Å². The van der Waals surface area contributed by atoms with Gasteiger partial charge in [0.15, 0.2) is 0 Å². The Morgan fingerprint density at radius 1 is 1.38 bits per heavy atom. The minimum atomic E-state index is -0.387. The summed E-state index contributed by atoms with van der Waals surface area (Å²) in [5.41, 5.74) is 8.07. The molecule has 2 aliphatic rings. The number of methoxy groups -OCH3 is 1. The number of anilines is 1. The molecular weight excluding hydrogens is 350 g/mol. The molecule has 2 aliphatic heterocycles. The molecule has 0 unspecified atom stereocenters. The van der Waals surface area contributed by atoms with Crippen LogP contribution < -0.4 is 20.7 Å². The van der Waals surface area contributed by atoms with Gasteiger partial charge in [-0.3, -0.25) is 14.9 Å². The minimum Gasteiger partial charge on any atom is -0.495 e. The van der Waals surface area contributed by atoms with Crippen molar-refractivity contribution < 1.29 is 14.3 Å². The van der Waals surface area contributed by atoms with E-state index in [0.29, 0.717) is 22.9 Å². The lowest BCUT2D eigenvalue weighted by molar-refractivity contribution is -0.115. The summed E-state index contributed by atoms with van der Waals surface area (Å²) in [7, 11) is 1.59. The number of allylic oxidation sites excluding steroid dienone is 1. The molecule has 0 bridgehead atoms. The van der Waals surface area contributed by atoms with Gasteiger partial charge in [-0.05, 0) is 30.0 Å². The van der Waals surface area contributed by atoms with E-state index in [9.17, 15) is 9.59 Å². The number of carbonyl (C=O) groups excluding carboxylic acids is 2. The van der Waals surface area contributed by atoms with E-state index in [0.717, 1.165) is 23.0 Å². The highest BCUT2D eigenvalue weighted by atomic mass is 35.5. The van der Waals surface area contributed by atoms with E-state index in [1.165, 1.54) is 0 Å². The third kappa shape index (κ3) is 3.58. The molecule has 8 heteroatoms. The van der Waals surface area contributed by atoms with Crippen molar-refractivity contribution in [2.75, 3.05) is 18.6 Å². The molecule has 0 aromatic heterocycles. The second-order valence-electron chi connectivity index (χ2n) is 4.93. The predicted octanol–water partition coefficient (Wildman–Crippen LogP) is 2.62. The minimum absolute atomic E-state index is 0. The highest BCUT2D eigenvalue weighted by molar-refractivity contribution is 8.18. The molecule has 0 atom stereocenters. The van der Waals surface area contributed by atoms with Gasteiger partial charge in [0.25, 0.3) is 11.1 Å². The first kappa shape index (κ1) is 18.0. The third-order valence-electron chi connectivity index (χ3n) is 3.38. The number of thioether (sulfide) groups is 1. The van der Waals surface area contributed by atoms with Crippen LogP contribution in [0.15, 0.2) is 47.2 Å². The largest absolute Gasteiger partial charge is 0.495 e. The molecule has 3 N–H and O–H groups in total.